The lowest BCUT2D eigenvalue weighted by atomic mass is 9.69. The summed E-state index contributed by atoms with van der Waals surface area (Å²) >= 11 is 1.69. The molecule has 0 fully saturated rings. The van der Waals surface area contributed by atoms with Crippen molar-refractivity contribution in [3.8, 4) is 0 Å². The van der Waals surface area contributed by atoms with Crippen molar-refractivity contribution in [1.82, 2.24) is 4.98 Å². The van der Waals surface area contributed by atoms with Gasteiger partial charge in [-0.15, -0.1) is 11.3 Å². The second-order valence-corrected chi connectivity index (χ2v) is 12.4. The normalized spacial score (nSPS) is 16.2. The average Bonchev–Trinajstić information content (AvgIpc) is 3.40. The van der Waals surface area contributed by atoms with Crippen LogP contribution in [0.4, 0.5) is 5.69 Å². The van der Waals surface area contributed by atoms with Gasteiger partial charge in [0.1, 0.15) is 0 Å². The highest BCUT2D eigenvalue weighted by Gasteiger charge is 2.35. The van der Waals surface area contributed by atoms with Gasteiger partial charge in [-0.2, -0.15) is 0 Å². The molecule has 0 bridgehead atoms. The monoisotopic (exact) mass is 538 g/mol. The summed E-state index contributed by atoms with van der Waals surface area (Å²) in [6.45, 7) is 10.3. The third-order valence-corrected chi connectivity index (χ3v) is 8.31. The van der Waals surface area contributed by atoms with Crippen LogP contribution in [-0.2, 0) is 16.0 Å². The Morgan fingerprint density at radius 2 is 1.87 bits per heavy atom. The van der Waals surface area contributed by atoms with E-state index in [9.17, 15) is 9.59 Å². The molecule has 1 amide bonds. The number of rotatable bonds is 5. The van der Waals surface area contributed by atoms with Crippen molar-refractivity contribution in [2.75, 3.05) is 11.9 Å². The standard InChI is InChI=1S/C33H34N2O3S/c1-20-12-13-27(21(2)15-20)34-29(36)19-38-32(37)30-25-10-6-7-11-28(25)35-31-22(17-24-9-8-14-39-24)16-23(18-26(30)31)33(3,4)5/h6-15,17,23H,16,18-19H2,1-5H3,(H,34,36)/b22-17-/t23-/m0/s1. The first-order valence-electron chi connectivity index (χ1n) is 13.3. The highest BCUT2D eigenvalue weighted by atomic mass is 32.1. The number of carbonyl (C=O) groups excluding carboxylic acids is 2. The Morgan fingerprint density at radius 3 is 2.59 bits per heavy atom. The third-order valence-electron chi connectivity index (χ3n) is 7.49. The number of aryl methyl sites for hydroxylation is 2. The van der Waals surface area contributed by atoms with Crippen LogP contribution in [0.3, 0.4) is 0 Å². The van der Waals surface area contributed by atoms with Crippen molar-refractivity contribution in [3.05, 3.63) is 92.8 Å². The van der Waals surface area contributed by atoms with Gasteiger partial charge in [-0.3, -0.25) is 4.79 Å². The molecular formula is C33H34N2O3S. The van der Waals surface area contributed by atoms with Crippen LogP contribution >= 0.6 is 11.3 Å². The van der Waals surface area contributed by atoms with Crippen LogP contribution in [0, 0.1) is 25.2 Å². The van der Waals surface area contributed by atoms with E-state index >= 15 is 0 Å². The molecule has 39 heavy (non-hydrogen) atoms. The van der Waals surface area contributed by atoms with Gasteiger partial charge in [-0.25, -0.2) is 9.78 Å². The second-order valence-electron chi connectivity index (χ2n) is 11.4. The number of anilines is 1. The molecule has 4 aromatic rings. The van der Waals surface area contributed by atoms with Crippen LogP contribution in [0.15, 0.2) is 60.0 Å². The molecule has 1 aliphatic rings. The number of para-hydroxylation sites is 1. The molecule has 0 saturated heterocycles. The van der Waals surface area contributed by atoms with Gasteiger partial charge in [0.15, 0.2) is 6.61 Å². The third kappa shape index (κ3) is 5.81. The number of nitrogens with one attached hydrogen (secondary N) is 1. The molecule has 5 rings (SSSR count). The van der Waals surface area contributed by atoms with E-state index in [1.54, 1.807) is 11.3 Å². The summed E-state index contributed by atoms with van der Waals surface area (Å²) in [6.07, 6.45) is 3.81. The molecule has 5 nitrogen and oxygen atoms in total. The minimum atomic E-state index is -0.495. The highest BCUT2D eigenvalue weighted by Crippen LogP contribution is 2.45. The SMILES string of the molecule is Cc1ccc(NC(=O)COC(=O)c2c3c(nc4ccccc24)/C(=C\c2cccs2)C[C@H](C(C)(C)C)C3)c(C)c1. The summed E-state index contributed by atoms with van der Waals surface area (Å²) in [5.41, 5.74) is 6.97. The number of pyridine rings is 1. The first-order valence-corrected chi connectivity index (χ1v) is 14.2. The summed E-state index contributed by atoms with van der Waals surface area (Å²) < 4.78 is 5.67. The van der Waals surface area contributed by atoms with E-state index in [4.69, 9.17) is 9.72 Å². The molecular weight excluding hydrogens is 504 g/mol. The fraction of sp³-hybridized carbons (Fsp3) is 0.303. The quantitative estimate of drug-likeness (QED) is 0.263. The molecule has 2 aromatic heterocycles. The molecule has 6 heteroatoms. The molecule has 0 unspecified atom stereocenters. The Bertz CT molecular complexity index is 1580. The second kappa shape index (κ2) is 10.8. The van der Waals surface area contributed by atoms with Gasteiger partial charge in [-0.1, -0.05) is 62.7 Å². The fourth-order valence-corrected chi connectivity index (χ4v) is 5.94. The molecule has 2 heterocycles. The number of allylic oxidation sites excluding steroid dienone is 1. The number of fused-ring (bicyclic) bond motifs is 2. The molecule has 0 spiro atoms. The summed E-state index contributed by atoms with van der Waals surface area (Å²) in [5.74, 6) is -0.544. The zero-order chi connectivity index (χ0) is 27.7. The average molecular weight is 539 g/mol. The van der Waals surface area contributed by atoms with Gasteiger partial charge in [0.05, 0.1) is 16.8 Å². The lowest BCUT2D eigenvalue weighted by Crippen LogP contribution is -2.29. The lowest BCUT2D eigenvalue weighted by Gasteiger charge is -2.36. The summed E-state index contributed by atoms with van der Waals surface area (Å²) in [6, 6.07) is 17.6. The number of nitrogens with zero attached hydrogens (tertiary/aromatic N) is 1. The molecule has 1 aliphatic carbocycles. The van der Waals surface area contributed by atoms with Crippen molar-refractivity contribution < 1.29 is 14.3 Å². The molecule has 1 atom stereocenters. The van der Waals surface area contributed by atoms with Crippen LogP contribution in [0.5, 0.6) is 0 Å². The Hall–Kier alpha value is -3.77. The number of ether oxygens (including phenoxy) is 1. The molecule has 200 valence electrons. The number of hydrogen-bond donors (Lipinski definition) is 1. The maximum absolute atomic E-state index is 13.7. The van der Waals surface area contributed by atoms with Crippen LogP contribution < -0.4 is 5.32 Å². The topological polar surface area (TPSA) is 68.3 Å². The molecule has 0 radical (unpaired) electrons. The number of thiophene rings is 1. The van der Waals surface area contributed by atoms with Crippen LogP contribution in [-0.4, -0.2) is 23.5 Å². The number of hydrogen-bond acceptors (Lipinski definition) is 5. The van der Waals surface area contributed by atoms with E-state index in [1.807, 2.05) is 62.4 Å². The predicted molar refractivity (Wildman–Crippen MR) is 160 cm³/mol. The Balaban J connectivity index is 1.52. The van der Waals surface area contributed by atoms with Gasteiger partial charge < -0.3 is 10.1 Å². The van der Waals surface area contributed by atoms with Crippen LogP contribution in [0.2, 0.25) is 0 Å². The maximum Gasteiger partial charge on any atom is 0.339 e. The van der Waals surface area contributed by atoms with Crippen molar-refractivity contribution >= 4 is 51.5 Å². The number of aromatic nitrogens is 1. The van der Waals surface area contributed by atoms with Crippen molar-refractivity contribution in [2.24, 2.45) is 11.3 Å². The summed E-state index contributed by atoms with van der Waals surface area (Å²) in [7, 11) is 0. The largest absolute Gasteiger partial charge is 0.452 e. The number of amides is 1. The Morgan fingerprint density at radius 1 is 1.08 bits per heavy atom. The number of esters is 1. The van der Waals surface area contributed by atoms with Gasteiger partial charge >= 0.3 is 5.97 Å². The van der Waals surface area contributed by atoms with Crippen molar-refractivity contribution in [1.29, 1.82) is 0 Å². The van der Waals surface area contributed by atoms with E-state index in [2.05, 4.69) is 43.6 Å². The number of carbonyl (C=O) groups is 2. The van der Waals surface area contributed by atoms with E-state index in [-0.39, 0.29) is 17.9 Å². The van der Waals surface area contributed by atoms with E-state index < -0.39 is 5.97 Å². The van der Waals surface area contributed by atoms with Gasteiger partial charge in [0, 0.05) is 16.0 Å². The first kappa shape index (κ1) is 26.8. The Labute approximate surface area is 233 Å². The van der Waals surface area contributed by atoms with Crippen molar-refractivity contribution in [2.45, 2.75) is 47.5 Å². The molecule has 1 N–H and O–H groups in total. The van der Waals surface area contributed by atoms with Gasteiger partial charge in [0.25, 0.3) is 5.91 Å². The molecule has 0 aliphatic heterocycles. The summed E-state index contributed by atoms with van der Waals surface area (Å²) in [5, 5.41) is 5.68. The van der Waals surface area contributed by atoms with Gasteiger partial charge in [-0.05, 0) is 84.4 Å². The first-order chi connectivity index (χ1) is 18.6. The minimum absolute atomic E-state index is 0.0326. The Kier molecular flexibility index (Phi) is 7.41. The van der Waals surface area contributed by atoms with E-state index in [1.165, 1.54) is 0 Å². The van der Waals surface area contributed by atoms with E-state index in [0.29, 0.717) is 17.2 Å². The predicted octanol–water partition coefficient (Wildman–Crippen LogP) is 7.86. The maximum atomic E-state index is 13.7. The van der Waals surface area contributed by atoms with E-state index in [0.717, 1.165) is 56.6 Å². The van der Waals surface area contributed by atoms with Crippen molar-refractivity contribution in [3.63, 3.8) is 0 Å². The zero-order valence-electron chi connectivity index (χ0n) is 23.1. The molecule has 2 aromatic carbocycles. The van der Waals surface area contributed by atoms with Gasteiger partial charge in [0.2, 0.25) is 0 Å². The fourth-order valence-electron chi connectivity index (χ4n) is 5.26. The number of benzene rings is 2. The summed E-state index contributed by atoms with van der Waals surface area (Å²) in [4.78, 5) is 32.7. The molecule has 0 saturated carbocycles. The minimum Gasteiger partial charge on any atom is -0.452 e. The van der Waals surface area contributed by atoms with Crippen LogP contribution in [0.25, 0.3) is 22.6 Å². The smallest absolute Gasteiger partial charge is 0.339 e. The zero-order valence-corrected chi connectivity index (χ0v) is 23.9. The lowest BCUT2D eigenvalue weighted by molar-refractivity contribution is -0.119. The van der Waals surface area contributed by atoms with Crippen LogP contribution in [0.1, 0.15) is 64.8 Å². The highest BCUT2D eigenvalue weighted by molar-refractivity contribution is 7.10.